The van der Waals surface area contributed by atoms with Gasteiger partial charge in [-0.2, -0.15) is 4.98 Å². The number of nitrogens with zero attached hydrogens (tertiary/aromatic N) is 4. The molecule has 0 bridgehead atoms. The zero-order valence-corrected chi connectivity index (χ0v) is 15.3. The molecule has 8 heteroatoms. The summed E-state index contributed by atoms with van der Waals surface area (Å²) in [5.41, 5.74) is 0.645. The number of hydrogen-bond acceptors (Lipinski definition) is 7. The summed E-state index contributed by atoms with van der Waals surface area (Å²) in [4.78, 5) is 23.1. The second-order valence-electron chi connectivity index (χ2n) is 6.70. The zero-order valence-electron chi connectivity index (χ0n) is 15.3. The molecule has 1 atom stereocenters. The summed E-state index contributed by atoms with van der Waals surface area (Å²) in [6, 6.07) is 11.0. The molecule has 1 aliphatic heterocycles. The minimum absolute atomic E-state index is 0.0138. The average Bonchev–Trinajstić information content (AvgIpc) is 3.23. The van der Waals surface area contributed by atoms with E-state index in [1.165, 1.54) is 6.39 Å². The Morgan fingerprint density at radius 2 is 2.21 bits per heavy atom. The summed E-state index contributed by atoms with van der Waals surface area (Å²) in [5, 5.41) is 6.87. The van der Waals surface area contributed by atoms with Gasteiger partial charge in [-0.15, -0.1) is 0 Å². The van der Waals surface area contributed by atoms with Gasteiger partial charge < -0.3 is 14.6 Å². The number of piperidine rings is 1. The predicted octanol–water partition coefficient (Wildman–Crippen LogP) is 3.11. The summed E-state index contributed by atoms with van der Waals surface area (Å²) in [5.74, 6) is 1.72. The normalized spacial score (nSPS) is 17.2. The van der Waals surface area contributed by atoms with Crippen LogP contribution in [0.1, 0.15) is 18.7 Å². The van der Waals surface area contributed by atoms with Crippen molar-refractivity contribution in [1.29, 1.82) is 0 Å². The number of para-hydroxylation sites is 2. The first-order valence-corrected chi connectivity index (χ1v) is 9.23. The van der Waals surface area contributed by atoms with E-state index < -0.39 is 0 Å². The second kappa shape index (κ2) is 8.62. The molecule has 1 N–H and O–H groups in total. The van der Waals surface area contributed by atoms with Crippen molar-refractivity contribution in [2.75, 3.05) is 18.4 Å². The number of hydrogen-bond donors (Lipinski definition) is 1. The first kappa shape index (κ1) is 18.1. The summed E-state index contributed by atoms with van der Waals surface area (Å²) in [6.45, 7) is 2.16. The molecule has 1 aromatic carbocycles. The molecule has 1 fully saturated rings. The van der Waals surface area contributed by atoms with Gasteiger partial charge in [-0.3, -0.25) is 14.7 Å². The molecule has 1 saturated heterocycles. The topological polar surface area (TPSA) is 93.4 Å². The number of anilines is 1. The van der Waals surface area contributed by atoms with Gasteiger partial charge in [-0.25, -0.2) is 0 Å². The maximum atomic E-state index is 12.9. The molecule has 0 unspecified atom stereocenters. The van der Waals surface area contributed by atoms with Crippen LogP contribution in [0.3, 0.4) is 0 Å². The fourth-order valence-electron chi connectivity index (χ4n) is 3.30. The van der Waals surface area contributed by atoms with Crippen molar-refractivity contribution in [2.45, 2.75) is 19.4 Å². The summed E-state index contributed by atoms with van der Waals surface area (Å²) >= 11 is 0. The summed E-state index contributed by atoms with van der Waals surface area (Å²) < 4.78 is 10.7. The Hall–Kier alpha value is -3.26. The minimum atomic E-state index is -0.105. The average molecular weight is 379 g/mol. The van der Waals surface area contributed by atoms with Crippen LogP contribution in [0.25, 0.3) is 0 Å². The molecule has 3 heterocycles. The van der Waals surface area contributed by atoms with Crippen molar-refractivity contribution in [3.05, 3.63) is 61.0 Å². The Morgan fingerprint density at radius 3 is 3.04 bits per heavy atom. The highest BCUT2D eigenvalue weighted by molar-refractivity contribution is 5.94. The van der Waals surface area contributed by atoms with Crippen LogP contribution in [-0.4, -0.2) is 39.0 Å². The molecule has 1 aliphatic rings. The Labute approximate surface area is 162 Å². The molecule has 144 valence electrons. The SMILES string of the molecule is O=C(Nc1ccccc1Oc1cccnc1)[C@@H]1CCCN(Cc2ncon2)C1. The van der Waals surface area contributed by atoms with Crippen LogP contribution < -0.4 is 10.1 Å². The van der Waals surface area contributed by atoms with Gasteiger partial charge >= 0.3 is 0 Å². The third kappa shape index (κ3) is 4.52. The standard InChI is InChI=1S/C20H21N5O3/c26-20(15-5-4-10-25(12-15)13-19-22-14-27-24-19)23-17-7-1-2-8-18(17)28-16-6-3-9-21-11-16/h1-3,6-9,11,14-15H,4-5,10,12-13H2,(H,23,26)/t15-/m1/s1. The van der Waals surface area contributed by atoms with E-state index in [1.54, 1.807) is 18.5 Å². The second-order valence-corrected chi connectivity index (χ2v) is 6.70. The first-order chi connectivity index (χ1) is 13.8. The van der Waals surface area contributed by atoms with Gasteiger partial charge in [-0.1, -0.05) is 17.3 Å². The number of rotatable bonds is 6. The summed E-state index contributed by atoms with van der Waals surface area (Å²) in [6.07, 6.45) is 6.44. The lowest BCUT2D eigenvalue weighted by Crippen LogP contribution is -2.40. The Bertz CT molecular complexity index is 901. The van der Waals surface area contributed by atoms with E-state index in [0.29, 0.717) is 36.1 Å². The van der Waals surface area contributed by atoms with E-state index in [-0.39, 0.29) is 11.8 Å². The lowest BCUT2D eigenvalue weighted by atomic mass is 9.97. The highest BCUT2D eigenvalue weighted by Crippen LogP contribution is 2.30. The van der Waals surface area contributed by atoms with Crippen molar-refractivity contribution in [3.63, 3.8) is 0 Å². The summed E-state index contributed by atoms with van der Waals surface area (Å²) in [7, 11) is 0. The van der Waals surface area contributed by atoms with Gasteiger partial charge in [0.05, 0.1) is 24.3 Å². The van der Waals surface area contributed by atoms with Crippen molar-refractivity contribution in [1.82, 2.24) is 20.0 Å². The number of carbonyl (C=O) groups is 1. The maximum absolute atomic E-state index is 12.9. The predicted molar refractivity (Wildman–Crippen MR) is 102 cm³/mol. The largest absolute Gasteiger partial charge is 0.454 e. The lowest BCUT2D eigenvalue weighted by Gasteiger charge is -2.31. The van der Waals surface area contributed by atoms with Gasteiger partial charge in [0.2, 0.25) is 12.3 Å². The van der Waals surface area contributed by atoms with Crippen molar-refractivity contribution < 1.29 is 14.1 Å². The fourth-order valence-corrected chi connectivity index (χ4v) is 3.30. The molecule has 0 saturated carbocycles. The molecule has 8 nitrogen and oxygen atoms in total. The highest BCUT2D eigenvalue weighted by atomic mass is 16.5. The fraction of sp³-hybridized carbons (Fsp3) is 0.300. The number of pyridine rings is 1. The number of ether oxygens (including phenoxy) is 1. The molecule has 0 spiro atoms. The molecule has 2 aromatic heterocycles. The van der Waals surface area contributed by atoms with Crippen LogP contribution in [-0.2, 0) is 11.3 Å². The lowest BCUT2D eigenvalue weighted by molar-refractivity contribution is -0.121. The molecular formula is C20H21N5O3. The van der Waals surface area contributed by atoms with Crippen LogP contribution in [0.5, 0.6) is 11.5 Å². The van der Waals surface area contributed by atoms with Crippen molar-refractivity contribution in [2.24, 2.45) is 5.92 Å². The zero-order chi connectivity index (χ0) is 19.2. The van der Waals surface area contributed by atoms with Gasteiger partial charge in [0, 0.05) is 12.7 Å². The molecular weight excluding hydrogens is 358 g/mol. The number of benzene rings is 1. The minimum Gasteiger partial charge on any atom is -0.454 e. The number of amides is 1. The highest BCUT2D eigenvalue weighted by Gasteiger charge is 2.27. The Balaban J connectivity index is 1.40. The van der Waals surface area contributed by atoms with Crippen molar-refractivity contribution >= 4 is 11.6 Å². The first-order valence-electron chi connectivity index (χ1n) is 9.23. The number of carbonyl (C=O) groups excluding carboxylic acids is 1. The van der Waals surface area contributed by atoms with E-state index in [1.807, 2.05) is 30.3 Å². The number of aromatic nitrogens is 3. The van der Waals surface area contributed by atoms with E-state index in [2.05, 4.69) is 25.3 Å². The van der Waals surface area contributed by atoms with Crippen LogP contribution in [0.2, 0.25) is 0 Å². The van der Waals surface area contributed by atoms with Gasteiger partial charge in [-0.05, 0) is 43.7 Å². The number of likely N-dealkylation sites (tertiary alicyclic amines) is 1. The van der Waals surface area contributed by atoms with E-state index in [4.69, 9.17) is 9.26 Å². The van der Waals surface area contributed by atoms with Crippen LogP contribution in [0.15, 0.2) is 59.7 Å². The van der Waals surface area contributed by atoms with E-state index in [9.17, 15) is 4.79 Å². The molecule has 1 amide bonds. The number of nitrogens with one attached hydrogen (secondary N) is 1. The van der Waals surface area contributed by atoms with Gasteiger partial charge in [0.15, 0.2) is 11.6 Å². The maximum Gasteiger partial charge on any atom is 0.228 e. The monoisotopic (exact) mass is 379 g/mol. The van der Waals surface area contributed by atoms with Crippen LogP contribution in [0, 0.1) is 5.92 Å². The van der Waals surface area contributed by atoms with Gasteiger partial charge in [0.25, 0.3) is 0 Å². The van der Waals surface area contributed by atoms with Crippen LogP contribution >= 0.6 is 0 Å². The third-order valence-electron chi connectivity index (χ3n) is 4.66. The van der Waals surface area contributed by atoms with Crippen molar-refractivity contribution in [3.8, 4) is 11.5 Å². The van der Waals surface area contributed by atoms with E-state index >= 15 is 0 Å². The quantitative estimate of drug-likeness (QED) is 0.703. The Morgan fingerprint density at radius 1 is 1.29 bits per heavy atom. The molecule has 28 heavy (non-hydrogen) atoms. The van der Waals surface area contributed by atoms with E-state index in [0.717, 1.165) is 19.4 Å². The third-order valence-corrected chi connectivity index (χ3v) is 4.66. The molecule has 0 radical (unpaired) electrons. The van der Waals surface area contributed by atoms with Crippen LogP contribution in [0.4, 0.5) is 5.69 Å². The molecule has 4 rings (SSSR count). The smallest absolute Gasteiger partial charge is 0.228 e. The molecule has 3 aromatic rings. The molecule has 0 aliphatic carbocycles. The Kier molecular flexibility index (Phi) is 5.58. The van der Waals surface area contributed by atoms with Gasteiger partial charge in [0.1, 0.15) is 5.75 Å².